The van der Waals surface area contributed by atoms with Crippen LogP contribution >= 0.6 is 22.7 Å². The molecule has 3 aromatic rings. The molecule has 4 rings (SSSR count). The predicted octanol–water partition coefficient (Wildman–Crippen LogP) is 4.87. The minimum atomic E-state index is -0.475. The second-order valence-electron chi connectivity index (χ2n) is 6.59. The number of amides is 1. The zero-order chi connectivity index (χ0) is 22.0. The molecule has 0 bridgehead atoms. The van der Waals surface area contributed by atoms with Crippen LogP contribution in [-0.4, -0.2) is 17.6 Å². The number of carbonyl (C=O) groups is 1. The van der Waals surface area contributed by atoms with Gasteiger partial charge in [0.25, 0.3) is 0 Å². The number of thiophene rings is 2. The number of benzene rings is 1. The lowest BCUT2D eigenvalue weighted by atomic mass is 10.1. The molecule has 3 heterocycles. The van der Waals surface area contributed by atoms with Gasteiger partial charge in [0.15, 0.2) is 11.5 Å². The van der Waals surface area contributed by atoms with Crippen LogP contribution in [0, 0.1) is 28.4 Å². The van der Waals surface area contributed by atoms with Crippen molar-refractivity contribution in [3.05, 3.63) is 73.0 Å². The third kappa shape index (κ3) is 4.42. The Balaban J connectivity index is 1.49. The smallest absolute Gasteiger partial charge is 0.324 e. The van der Waals surface area contributed by atoms with E-state index in [0.717, 1.165) is 27.3 Å². The van der Waals surface area contributed by atoms with Crippen LogP contribution in [-0.2, 0) is 11.2 Å². The fraction of sp³-hybridized carbons (Fsp3) is 0.143. The Morgan fingerprint density at radius 1 is 1.29 bits per heavy atom. The zero-order valence-electron chi connectivity index (χ0n) is 16.2. The van der Waals surface area contributed by atoms with E-state index in [9.17, 15) is 20.2 Å². The lowest BCUT2D eigenvalue weighted by Gasteiger charge is -2.02. The predicted molar refractivity (Wildman–Crippen MR) is 118 cm³/mol. The molecule has 0 saturated heterocycles. The van der Waals surface area contributed by atoms with Crippen LogP contribution in [0.1, 0.15) is 26.4 Å². The normalized spacial score (nSPS) is 12.1. The number of nitro groups is 1. The lowest BCUT2D eigenvalue weighted by molar-refractivity contribution is -0.380. The van der Waals surface area contributed by atoms with Crippen molar-refractivity contribution in [2.45, 2.75) is 13.3 Å². The van der Waals surface area contributed by atoms with Crippen molar-refractivity contribution in [3.8, 4) is 17.6 Å². The summed E-state index contributed by atoms with van der Waals surface area (Å²) in [4.78, 5) is 24.2. The molecular formula is C21H15N3O5S2. The van der Waals surface area contributed by atoms with Gasteiger partial charge in [0, 0.05) is 28.3 Å². The summed E-state index contributed by atoms with van der Waals surface area (Å²) >= 11 is 2.33. The van der Waals surface area contributed by atoms with Crippen LogP contribution < -0.4 is 14.8 Å². The quantitative estimate of drug-likeness (QED) is 0.323. The van der Waals surface area contributed by atoms with Gasteiger partial charge in [0.05, 0.1) is 10.5 Å². The van der Waals surface area contributed by atoms with Gasteiger partial charge in [-0.3, -0.25) is 14.9 Å². The summed E-state index contributed by atoms with van der Waals surface area (Å²) < 4.78 is 10.7. The lowest BCUT2D eigenvalue weighted by Crippen LogP contribution is -2.07. The van der Waals surface area contributed by atoms with Gasteiger partial charge in [-0.1, -0.05) is 17.4 Å². The molecule has 1 N–H and O–H groups in total. The molecule has 10 heteroatoms. The molecule has 1 aliphatic heterocycles. The molecule has 1 amide bonds. The molecule has 0 spiro atoms. The van der Waals surface area contributed by atoms with E-state index >= 15 is 0 Å². The second kappa shape index (κ2) is 8.59. The first-order valence-corrected chi connectivity index (χ1v) is 10.7. The van der Waals surface area contributed by atoms with Gasteiger partial charge in [0.2, 0.25) is 12.7 Å². The van der Waals surface area contributed by atoms with Gasteiger partial charge in [0.1, 0.15) is 11.1 Å². The molecule has 156 valence electrons. The fourth-order valence-electron chi connectivity index (χ4n) is 3.03. The number of carbonyl (C=O) groups excluding carboxylic acids is 1. The summed E-state index contributed by atoms with van der Waals surface area (Å²) in [5.41, 5.74) is 2.25. The number of nitrogens with one attached hydrogen (secondary N) is 1. The molecule has 1 aromatic carbocycles. The van der Waals surface area contributed by atoms with Crippen molar-refractivity contribution in [2.24, 2.45) is 0 Å². The summed E-state index contributed by atoms with van der Waals surface area (Å²) in [6, 6.07) is 10.8. The molecule has 31 heavy (non-hydrogen) atoms. The molecule has 0 atom stereocenters. The highest BCUT2D eigenvalue weighted by atomic mass is 32.1. The van der Waals surface area contributed by atoms with Crippen LogP contribution in [0.25, 0.3) is 6.08 Å². The van der Waals surface area contributed by atoms with Crippen LogP contribution in [0.4, 0.5) is 10.0 Å². The molecule has 2 aromatic heterocycles. The Bertz CT molecular complexity index is 1250. The Kier molecular flexibility index (Phi) is 5.70. The molecule has 8 nitrogen and oxygen atoms in total. The second-order valence-corrected chi connectivity index (χ2v) is 8.79. The van der Waals surface area contributed by atoms with E-state index < -0.39 is 10.8 Å². The minimum absolute atomic E-state index is 0.00821. The Hall–Kier alpha value is -3.68. The topological polar surface area (TPSA) is 114 Å². The molecule has 0 fully saturated rings. The van der Waals surface area contributed by atoms with Crippen LogP contribution in [0.3, 0.4) is 0 Å². The van der Waals surface area contributed by atoms with Gasteiger partial charge in [-0.25, -0.2) is 0 Å². The Morgan fingerprint density at radius 2 is 2.10 bits per heavy atom. The molecule has 0 radical (unpaired) electrons. The monoisotopic (exact) mass is 453 g/mol. The van der Waals surface area contributed by atoms with E-state index in [-0.39, 0.29) is 11.8 Å². The summed E-state index contributed by atoms with van der Waals surface area (Å²) in [7, 11) is 0. The van der Waals surface area contributed by atoms with Crippen molar-refractivity contribution in [1.82, 2.24) is 0 Å². The van der Waals surface area contributed by atoms with Crippen molar-refractivity contribution >= 4 is 44.7 Å². The van der Waals surface area contributed by atoms with Crippen molar-refractivity contribution in [3.63, 3.8) is 0 Å². The van der Waals surface area contributed by atoms with Crippen molar-refractivity contribution in [2.75, 3.05) is 12.1 Å². The number of rotatable bonds is 6. The van der Waals surface area contributed by atoms with Crippen molar-refractivity contribution in [1.29, 1.82) is 5.26 Å². The highest BCUT2D eigenvalue weighted by molar-refractivity contribution is 7.17. The number of hydrogen-bond acceptors (Lipinski definition) is 8. The maximum Gasteiger partial charge on any atom is 0.324 e. The van der Waals surface area contributed by atoms with Crippen LogP contribution in [0.15, 0.2) is 36.4 Å². The molecule has 1 aliphatic rings. The van der Waals surface area contributed by atoms with Gasteiger partial charge in [-0.05, 0) is 42.3 Å². The van der Waals surface area contributed by atoms with Gasteiger partial charge in [-0.2, -0.15) is 5.26 Å². The average molecular weight is 454 g/mol. The maximum atomic E-state index is 12.3. The van der Waals surface area contributed by atoms with Crippen LogP contribution in [0.5, 0.6) is 11.5 Å². The number of anilines is 1. The third-order valence-corrected chi connectivity index (χ3v) is 6.80. The van der Waals surface area contributed by atoms with E-state index in [2.05, 4.69) is 11.4 Å². The number of hydrogen-bond donors (Lipinski definition) is 1. The number of ether oxygens (including phenoxy) is 2. The molecule has 0 aliphatic carbocycles. The van der Waals surface area contributed by atoms with E-state index in [1.165, 1.54) is 29.6 Å². The van der Waals surface area contributed by atoms with Gasteiger partial charge >= 0.3 is 5.00 Å². The highest BCUT2D eigenvalue weighted by Gasteiger charge is 2.18. The van der Waals surface area contributed by atoms with Gasteiger partial charge < -0.3 is 14.8 Å². The fourth-order valence-corrected chi connectivity index (χ4v) is 4.95. The molecule has 0 saturated carbocycles. The third-order valence-electron chi connectivity index (χ3n) is 4.59. The highest BCUT2D eigenvalue weighted by Crippen LogP contribution is 2.37. The van der Waals surface area contributed by atoms with Crippen LogP contribution in [0.2, 0.25) is 0 Å². The summed E-state index contributed by atoms with van der Waals surface area (Å²) in [5.74, 6) is 0.989. The SMILES string of the molecule is Cc1c(Cc2ccc3c(c2)OCO3)sc(NC(=O)C=Cc2ccc([N+](=O)[O-])s2)c1C#N. The first-order valence-electron chi connectivity index (χ1n) is 9.09. The zero-order valence-corrected chi connectivity index (χ0v) is 17.8. The number of nitrogens with zero attached hydrogens (tertiary/aromatic N) is 2. The van der Waals surface area contributed by atoms with Gasteiger partial charge in [-0.15, -0.1) is 11.3 Å². The first-order chi connectivity index (χ1) is 14.9. The van der Waals surface area contributed by atoms with E-state index in [1.807, 2.05) is 25.1 Å². The largest absolute Gasteiger partial charge is 0.454 e. The first kappa shape index (κ1) is 20.6. The summed E-state index contributed by atoms with van der Waals surface area (Å²) in [5, 5.41) is 23.6. The Labute approximate surface area is 185 Å². The average Bonchev–Trinajstić information content (AvgIpc) is 3.46. The number of fused-ring (bicyclic) bond motifs is 1. The Morgan fingerprint density at radius 3 is 2.84 bits per heavy atom. The standard InChI is InChI=1S/C21H15N3O5S2/c1-12-15(10-22)21(23-19(25)6-3-14-4-7-20(30-14)24(26)27)31-18(12)9-13-2-5-16-17(8-13)29-11-28-16/h2-8H,9,11H2,1H3,(H,23,25). The van der Waals surface area contributed by atoms with E-state index in [0.29, 0.717) is 33.4 Å². The minimum Gasteiger partial charge on any atom is -0.454 e. The molecular weight excluding hydrogens is 438 g/mol. The molecule has 0 unspecified atom stereocenters. The van der Waals surface area contributed by atoms with Crippen molar-refractivity contribution < 1.29 is 19.2 Å². The summed E-state index contributed by atoms with van der Waals surface area (Å²) in [6.07, 6.45) is 3.39. The maximum absolute atomic E-state index is 12.3. The summed E-state index contributed by atoms with van der Waals surface area (Å²) in [6.45, 7) is 2.06. The van der Waals surface area contributed by atoms with E-state index in [4.69, 9.17) is 9.47 Å². The van der Waals surface area contributed by atoms with E-state index in [1.54, 1.807) is 6.07 Å². The number of nitriles is 1.